The first-order valence-corrected chi connectivity index (χ1v) is 8.24. The third kappa shape index (κ3) is 4.88. The van der Waals surface area contributed by atoms with Gasteiger partial charge in [-0.15, -0.1) is 0 Å². The van der Waals surface area contributed by atoms with Gasteiger partial charge in [0.2, 0.25) is 0 Å². The Labute approximate surface area is 148 Å². The topological polar surface area (TPSA) is 42.0 Å². The Morgan fingerprint density at radius 1 is 0.960 bits per heavy atom. The molecule has 0 radical (unpaired) electrons. The van der Waals surface area contributed by atoms with Gasteiger partial charge in [-0.2, -0.15) is 0 Å². The van der Waals surface area contributed by atoms with Crippen molar-refractivity contribution in [2.24, 2.45) is 0 Å². The maximum Gasteiger partial charge on any atom is 0.270 e. The number of carbonyl (C=O) groups is 1. The molecule has 3 rings (SSSR count). The van der Waals surface area contributed by atoms with E-state index in [9.17, 15) is 4.79 Å². The zero-order chi connectivity index (χ0) is 17.5. The Hall–Kier alpha value is -3.20. The van der Waals surface area contributed by atoms with Crippen LogP contribution in [0.5, 0.6) is 0 Å². The van der Waals surface area contributed by atoms with E-state index in [-0.39, 0.29) is 5.91 Å². The second-order valence-electron chi connectivity index (χ2n) is 5.89. The van der Waals surface area contributed by atoms with Gasteiger partial charge < -0.3 is 5.32 Å². The molecule has 0 bridgehead atoms. The largest absolute Gasteiger partial charge is 0.347 e. The molecule has 0 aliphatic carbocycles. The van der Waals surface area contributed by atoms with Gasteiger partial charge in [-0.25, -0.2) is 0 Å². The Bertz CT molecular complexity index is 868. The molecule has 3 heteroatoms. The smallest absolute Gasteiger partial charge is 0.270 e. The maximum absolute atomic E-state index is 12.3. The van der Waals surface area contributed by atoms with Crippen LogP contribution in [0.15, 0.2) is 72.9 Å². The number of benzene rings is 2. The SMILES string of the molecule is Cc1ccc(CNC(=O)c2cc(/C=C/c3ccccc3)ccn2)cc1. The standard InChI is InChI=1S/C22H20N2O/c1-17-7-9-20(10-8-17)16-24-22(25)21-15-19(13-14-23-21)12-11-18-5-3-2-4-6-18/h2-15H,16H2,1H3,(H,24,25)/b12-11+. The van der Waals surface area contributed by atoms with Gasteiger partial charge in [0, 0.05) is 12.7 Å². The lowest BCUT2D eigenvalue weighted by atomic mass is 10.1. The predicted molar refractivity (Wildman–Crippen MR) is 102 cm³/mol. The Kier molecular flexibility index (Phi) is 5.37. The monoisotopic (exact) mass is 328 g/mol. The molecule has 0 aliphatic rings. The van der Waals surface area contributed by atoms with E-state index in [0.717, 1.165) is 16.7 Å². The van der Waals surface area contributed by atoms with Crippen molar-refractivity contribution in [3.05, 3.63) is 101 Å². The van der Waals surface area contributed by atoms with Crippen LogP contribution >= 0.6 is 0 Å². The van der Waals surface area contributed by atoms with Crippen molar-refractivity contribution in [2.45, 2.75) is 13.5 Å². The normalized spacial score (nSPS) is 10.8. The third-order valence-electron chi connectivity index (χ3n) is 3.86. The molecule has 124 valence electrons. The summed E-state index contributed by atoms with van der Waals surface area (Å²) in [5, 5.41) is 2.91. The summed E-state index contributed by atoms with van der Waals surface area (Å²) in [5.74, 6) is -0.171. The fourth-order valence-corrected chi connectivity index (χ4v) is 2.41. The minimum atomic E-state index is -0.171. The van der Waals surface area contributed by atoms with Gasteiger partial charge >= 0.3 is 0 Å². The van der Waals surface area contributed by atoms with E-state index in [4.69, 9.17) is 0 Å². The molecule has 1 amide bonds. The minimum absolute atomic E-state index is 0.171. The van der Waals surface area contributed by atoms with Crippen molar-refractivity contribution in [3.8, 4) is 0 Å². The van der Waals surface area contributed by atoms with Crippen molar-refractivity contribution in [1.29, 1.82) is 0 Å². The minimum Gasteiger partial charge on any atom is -0.347 e. The van der Waals surface area contributed by atoms with Crippen molar-refractivity contribution in [2.75, 3.05) is 0 Å². The first kappa shape index (κ1) is 16.7. The second-order valence-corrected chi connectivity index (χ2v) is 5.89. The van der Waals surface area contributed by atoms with Gasteiger partial charge in [0.1, 0.15) is 5.69 Å². The number of hydrogen-bond acceptors (Lipinski definition) is 2. The molecule has 0 saturated heterocycles. The zero-order valence-electron chi connectivity index (χ0n) is 14.1. The van der Waals surface area contributed by atoms with Crippen LogP contribution in [-0.4, -0.2) is 10.9 Å². The highest BCUT2D eigenvalue weighted by Crippen LogP contribution is 2.09. The van der Waals surface area contributed by atoms with E-state index >= 15 is 0 Å². The maximum atomic E-state index is 12.3. The van der Waals surface area contributed by atoms with Gasteiger partial charge in [0.15, 0.2) is 0 Å². The number of amides is 1. The molecule has 0 spiro atoms. The van der Waals surface area contributed by atoms with Gasteiger partial charge in [-0.05, 0) is 35.7 Å². The number of nitrogens with one attached hydrogen (secondary N) is 1. The first-order valence-electron chi connectivity index (χ1n) is 8.24. The van der Waals surface area contributed by atoms with E-state index in [0.29, 0.717) is 12.2 Å². The molecule has 0 fully saturated rings. The predicted octanol–water partition coefficient (Wildman–Crippen LogP) is 4.49. The van der Waals surface area contributed by atoms with Gasteiger partial charge in [0.05, 0.1) is 0 Å². The average molecular weight is 328 g/mol. The lowest BCUT2D eigenvalue weighted by Gasteiger charge is -2.06. The summed E-state index contributed by atoms with van der Waals surface area (Å²) < 4.78 is 0. The second kappa shape index (κ2) is 8.06. The Morgan fingerprint density at radius 2 is 1.68 bits per heavy atom. The van der Waals surface area contributed by atoms with E-state index in [2.05, 4.69) is 10.3 Å². The van der Waals surface area contributed by atoms with Crippen LogP contribution < -0.4 is 5.32 Å². The molecule has 0 aliphatic heterocycles. The molecule has 1 N–H and O–H groups in total. The highest BCUT2D eigenvalue weighted by atomic mass is 16.1. The van der Waals surface area contributed by atoms with Crippen molar-refractivity contribution < 1.29 is 4.79 Å². The fourth-order valence-electron chi connectivity index (χ4n) is 2.41. The van der Waals surface area contributed by atoms with Gasteiger partial charge in [-0.3, -0.25) is 9.78 Å². The number of nitrogens with zero attached hydrogens (tertiary/aromatic N) is 1. The van der Waals surface area contributed by atoms with E-state index < -0.39 is 0 Å². The van der Waals surface area contributed by atoms with Crippen molar-refractivity contribution >= 4 is 18.1 Å². The molecule has 0 atom stereocenters. The van der Waals surface area contributed by atoms with Gasteiger partial charge in [0.25, 0.3) is 5.91 Å². The highest BCUT2D eigenvalue weighted by Gasteiger charge is 2.07. The first-order chi connectivity index (χ1) is 12.2. The molecule has 3 aromatic rings. The molecular weight excluding hydrogens is 308 g/mol. The van der Waals surface area contributed by atoms with Crippen LogP contribution in [0.1, 0.15) is 32.7 Å². The summed E-state index contributed by atoms with van der Waals surface area (Å²) in [4.78, 5) is 16.5. The molecule has 25 heavy (non-hydrogen) atoms. The summed E-state index contributed by atoms with van der Waals surface area (Å²) in [6.07, 6.45) is 5.66. The van der Waals surface area contributed by atoms with E-state index in [1.165, 1.54) is 5.56 Å². The third-order valence-corrected chi connectivity index (χ3v) is 3.86. The highest BCUT2D eigenvalue weighted by molar-refractivity contribution is 5.93. The summed E-state index contributed by atoms with van der Waals surface area (Å²) in [5.41, 5.74) is 4.75. The number of pyridine rings is 1. The Morgan fingerprint density at radius 3 is 2.44 bits per heavy atom. The van der Waals surface area contributed by atoms with E-state index in [1.54, 1.807) is 12.3 Å². The van der Waals surface area contributed by atoms with Crippen LogP contribution in [0.4, 0.5) is 0 Å². The van der Waals surface area contributed by atoms with Crippen molar-refractivity contribution in [1.82, 2.24) is 10.3 Å². The number of aromatic nitrogens is 1. The average Bonchev–Trinajstić information content (AvgIpc) is 2.67. The molecule has 2 aromatic carbocycles. The number of carbonyl (C=O) groups excluding carboxylic acids is 1. The lowest BCUT2D eigenvalue weighted by molar-refractivity contribution is 0.0946. The van der Waals surface area contributed by atoms with Crippen LogP contribution in [0.3, 0.4) is 0 Å². The lowest BCUT2D eigenvalue weighted by Crippen LogP contribution is -2.23. The van der Waals surface area contributed by atoms with Crippen molar-refractivity contribution in [3.63, 3.8) is 0 Å². The van der Waals surface area contributed by atoms with Crippen LogP contribution in [0.25, 0.3) is 12.2 Å². The Balaban J connectivity index is 1.65. The van der Waals surface area contributed by atoms with Crippen LogP contribution in [0.2, 0.25) is 0 Å². The molecule has 1 aromatic heterocycles. The zero-order valence-corrected chi connectivity index (χ0v) is 14.1. The number of aryl methyl sites for hydroxylation is 1. The quantitative estimate of drug-likeness (QED) is 0.750. The molecule has 0 unspecified atom stereocenters. The summed E-state index contributed by atoms with van der Waals surface area (Å²) in [6, 6.07) is 21.8. The molecule has 0 saturated carbocycles. The number of rotatable bonds is 5. The van der Waals surface area contributed by atoms with E-state index in [1.807, 2.05) is 79.7 Å². The summed E-state index contributed by atoms with van der Waals surface area (Å²) >= 11 is 0. The molecule has 1 heterocycles. The van der Waals surface area contributed by atoms with Crippen LogP contribution in [0, 0.1) is 6.92 Å². The molecular formula is C22H20N2O. The molecule has 3 nitrogen and oxygen atoms in total. The number of hydrogen-bond donors (Lipinski definition) is 1. The fraction of sp³-hybridized carbons (Fsp3) is 0.0909. The van der Waals surface area contributed by atoms with Crippen LogP contribution in [-0.2, 0) is 6.54 Å². The summed E-state index contributed by atoms with van der Waals surface area (Å²) in [6.45, 7) is 2.53. The van der Waals surface area contributed by atoms with Gasteiger partial charge in [-0.1, -0.05) is 72.3 Å². The summed E-state index contributed by atoms with van der Waals surface area (Å²) in [7, 11) is 0.